The topological polar surface area (TPSA) is 73.4 Å². The largest absolute Gasteiger partial charge is 0.448 e. The Morgan fingerprint density at radius 1 is 0.810 bits per heavy atom. The molecule has 1 aliphatic carbocycles. The number of benzene rings is 1. The number of amides is 3. The Balaban J connectivity index is 0.927. The van der Waals surface area contributed by atoms with Crippen molar-refractivity contribution in [3.63, 3.8) is 0 Å². The van der Waals surface area contributed by atoms with Crippen LogP contribution in [0.25, 0.3) is 6.08 Å². The quantitative estimate of drug-likeness (QED) is 0.483. The summed E-state index contributed by atoms with van der Waals surface area (Å²) in [5.74, 6) is 1.01. The van der Waals surface area contributed by atoms with Crippen LogP contribution in [-0.4, -0.2) is 102 Å². The molecule has 8 heteroatoms. The van der Waals surface area contributed by atoms with E-state index in [0.29, 0.717) is 18.3 Å². The highest BCUT2D eigenvalue weighted by molar-refractivity contribution is 5.96. The van der Waals surface area contributed by atoms with Crippen LogP contribution in [0.1, 0.15) is 64.9 Å². The van der Waals surface area contributed by atoms with Crippen molar-refractivity contribution in [2.45, 2.75) is 64.9 Å². The minimum atomic E-state index is -0.998. The van der Waals surface area contributed by atoms with Gasteiger partial charge in [0.15, 0.2) is 5.60 Å². The molecule has 228 valence electrons. The fraction of sp³-hybridized carbons (Fsp3) is 0.676. The lowest BCUT2D eigenvalue weighted by atomic mass is 9.66. The Kier molecular flexibility index (Phi) is 7.88. The zero-order valence-corrected chi connectivity index (χ0v) is 25.7. The number of fused-ring (bicyclic) bond motifs is 2. The molecular formula is C34H48N4O4. The van der Waals surface area contributed by atoms with Gasteiger partial charge in [-0.1, -0.05) is 56.3 Å². The molecule has 0 radical (unpaired) electrons. The summed E-state index contributed by atoms with van der Waals surface area (Å²) >= 11 is 0. The van der Waals surface area contributed by atoms with Crippen molar-refractivity contribution in [2.75, 3.05) is 58.9 Å². The smallest absolute Gasteiger partial charge is 0.320 e. The second-order valence-corrected chi connectivity index (χ2v) is 14.0. The number of piperazine rings is 1. The first-order chi connectivity index (χ1) is 20.1. The number of ether oxygens (including phenoxy) is 1. The average Bonchev–Trinajstić information content (AvgIpc) is 3.32. The normalized spacial score (nSPS) is 30.7. The molecular weight excluding hydrogens is 528 g/mol. The van der Waals surface area contributed by atoms with Crippen molar-refractivity contribution in [1.29, 1.82) is 0 Å². The Morgan fingerprint density at radius 2 is 1.38 bits per heavy atom. The third-order valence-electron chi connectivity index (χ3n) is 11.8. The molecule has 5 aliphatic rings. The molecule has 42 heavy (non-hydrogen) atoms. The molecule has 8 nitrogen and oxygen atoms in total. The Labute approximate surface area is 251 Å². The number of urea groups is 1. The predicted octanol–water partition coefficient (Wildman–Crippen LogP) is 4.51. The number of carbonyl (C=O) groups excluding carboxylic acids is 3. The van der Waals surface area contributed by atoms with Gasteiger partial charge in [-0.15, -0.1) is 0 Å². The molecule has 4 saturated heterocycles. The molecule has 1 saturated carbocycles. The number of rotatable bonds is 5. The monoisotopic (exact) mass is 576 g/mol. The molecule has 4 aliphatic heterocycles. The van der Waals surface area contributed by atoms with E-state index >= 15 is 0 Å². The summed E-state index contributed by atoms with van der Waals surface area (Å²) in [6, 6.07) is 10.6. The molecule has 1 aromatic rings. The molecule has 2 atom stereocenters. The van der Waals surface area contributed by atoms with Crippen LogP contribution in [0.15, 0.2) is 36.4 Å². The van der Waals surface area contributed by atoms with Crippen molar-refractivity contribution in [1.82, 2.24) is 19.6 Å². The van der Waals surface area contributed by atoms with Crippen molar-refractivity contribution in [3.8, 4) is 0 Å². The van der Waals surface area contributed by atoms with Crippen LogP contribution in [-0.2, 0) is 14.3 Å². The van der Waals surface area contributed by atoms with Gasteiger partial charge in [0.1, 0.15) is 0 Å². The number of esters is 1. The van der Waals surface area contributed by atoms with E-state index in [2.05, 4.69) is 46.2 Å². The summed E-state index contributed by atoms with van der Waals surface area (Å²) < 4.78 is 5.87. The van der Waals surface area contributed by atoms with E-state index in [9.17, 15) is 14.4 Å². The van der Waals surface area contributed by atoms with Gasteiger partial charge in [-0.05, 0) is 62.8 Å². The third kappa shape index (κ3) is 4.93. The number of piperidine rings is 2. The standard InChI is InChI=1S/C34H48N4O4/c1-32(2)33(3)15-16-34(32,42-30(33)40)29(39)36-18-11-27(12-19-36)28-13-20-37(21-14-28)31(41)38-24-22-35(23-25-38)17-7-10-26-8-5-4-6-9-26/h4-10,27-28H,11-25H2,1-3H3. The fourth-order valence-electron chi connectivity index (χ4n) is 8.34. The number of nitrogens with zero attached hydrogens (tertiary/aromatic N) is 4. The maximum Gasteiger partial charge on any atom is 0.320 e. The number of likely N-dealkylation sites (tertiary alicyclic amines) is 2. The number of carbonyl (C=O) groups is 3. The van der Waals surface area contributed by atoms with E-state index in [4.69, 9.17) is 4.74 Å². The van der Waals surface area contributed by atoms with E-state index in [1.807, 2.05) is 36.6 Å². The highest BCUT2D eigenvalue weighted by atomic mass is 16.6. The second kappa shape index (κ2) is 11.3. The maximum absolute atomic E-state index is 13.8. The van der Waals surface area contributed by atoms with E-state index in [1.165, 1.54) is 5.56 Å². The van der Waals surface area contributed by atoms with Crippen molar-refractivity contribution in [2.24, 2.45) is 22.7 Å². The van der Waals surface area contributed by atoms with Crippen LogP contribution < -0.4 is 0 Å². The lowest BCUT2D eigenvalue weighted by Gasteiger charge is -2.44. The SMILES string of the molecule is CC12CCC(C(=O)N3CCC(C4CCN(C(=O)N5CCN(CC=Cc6ccccc6)CC5)CC4)CC3)(OC1=O)C2(C)C. The Morgan fingerprint density at radius 3 is 1.93 bits per heavy atom. The van der Waals surface area contributed by atoms with Gasteiger partial charge in [0, 0.05) is 64.3 Å². The van der Waals surface area contributed by atoms with Crippen LogP contribution in [0.2, 0.25) is 0 Å². The van der Waals surface area contributed by atoms with Crippen molar-refractivity contribution >= 4 is 24.0 Å². The molecule has 0 aromatic heterocycles. The van der Waals surface area contributed by atoms with Crippen molar-refractivity contribution < 1.29 is 19.1 Å². The summed E-state index contributed by atoms with van der Waals surface area (Å²) in [5, 5.41) is 0. The fourth-order valence-corrected chi connectivity index (χ4v) is 8.34. The van der Waals surface area contributed by atoms with Gasteiger partial charge in [0.2, 0.25) is 0 Å². The first kappa shape index (κ1) is 29.2. The lowest BCUT2D eigenvalue weighted by Crippen LogP contribution is -2.57. The zero-order valence-electron chi connectivity index (χ0n) is 25.7. The van der Waals surface area contributed by atoms with Gasteiger partial charge in [0.05, 0.1) is 5.41 Å². The van der Waals surface area contributed by atoms with Crippen LogP contribution in [0.4, 0.5) is 4.79 Å². The Hall–Kier alpha value is -2.87. The first-order valence-electron chi connectivity index (χ1n) is 16.2. The molecule has 0 N–H and O–H groups in total. The van der Waals surface area contributed by atoms with Gasteiger partial charge in [-0.2, -0.15) is 0 Å². The Bertz CT molecular complexity index is 1190. The molecule has 2 unspecified atom stereocenters. The van der Waals surface area contributed by atoms with Gasteiger partial charge in [-0.25, -0.2) is 4.79 Å². The molecule has 3 amide bonds. The molecule has 4 heterocycles. The zero-order chi connectivity index (χ0) is 29.5. The van der Waals surface area contributed by atoms with Gasteiger partial charge in [0.25, 0.3) is 5.91 Å². The molecule has 6 rings (SSSR count). The second-order valence-electron chi connectivity index (χ2n) is 14.0. The maximum atomic E-state index is 13.8. The molecule has 0 spiro atoms. The van der Waals surface area contributed by atoms with E-state index in [0.717, 1.165) is 91.0 Å². The predicted molar refractivity (Wildman–Crippen MR) is 162 cm³/mol. The number of hydrogen-bond acceptors (Lipinski definition) is 5. The molecule has 5 fully saturated rings. The highest BCUT2D eigenvalue weighted by Gasteiger charge is 2.76. The minimum Gasteiger partial charge on any atom is -0.448 e. The average molecular weight is 577 g/mol. The summed E-state index contributed by atoms with van der Waals surface area (Å²) in [5.41, 5.74) is -0.840. The van der Waals surface area contributed by atoms with E-state index in [-0.39, 0.29) is 17.9 Å². The summed E-state index contributed by atoms with van der Waals surface area (Å²) in [6.45, 7) is 13.5. The third-order valence-corrected chi connectivity index (χ3v) is 11.8. The summed E-state index contributed by atoms with van der Waals surface area (Å²) in [4.78, 5) is 48.2. The minimum absolute atomic E-state index is 0.0215. The highest BCUT2D eigenvalue weighted by Crippen LogP contribution is 2.66. The van der Waals surface area contributed by atoms with Crippen LogP contribution in [0.3, 0.4) is 0 Å². The van der Waals surface area contributed by atoms with Crippen molar-refractivity contribution in [3.05, 3.63) is 42.0 Å². The summed E-state index contributed by atoms with van der Waals surface area (Å²) in [7, 11) is 0. The lowest BCUT2D eigenvalue weighted by molar-refractivity contribution is -0.175. The van der Waals surface area contributed by atoms with Crippen LogP contribution in [0, 0.1) is 22.7 Å². The number of hydrogen-bond donors (Lipinski definition) is 0. The molecule has 1 aromatic carbocycles. The van der Waals surface area contributed by atoms with E-state index < -0.39 is 16.4 Å². The van der Waals surface area contributed by atoms with Gasteiger partial charge < -0.3 is 19.4 Å². The van der Waals surface area contributed by atoms with Crippen LogP contribution in [0.5, 0.6) is 0 Å². The van der Waals surface area contributed by atoms with Gasteiger partial charge in [-0.3, -0.25) is 14.5 Å². The first-order valence-corrected chi connectivity index (χ1v) is 16.2. The van der Waals surface area contributed by atoms with Crippen LogP contribution >= 0.6 is 0 Å². The van der Waals surface area contributed by atoms with Gasteiger partial charge >= 0.3 is 12.0 Å². The van der Waals surface area contributed by atoms with E-state index in [1.54, 1.807) is 0 Å². The molecule has 2 bridgehead atoms. The summed E-state index contributed by atoms with van der Waals surface area (Å²) in [6.07, 6.45) is 9.81.